The van der Waals surface area contributed by atoms with Crippen molar-refractivity contribution in [1.82, 2.24) is 0 Å². The van der Waals surface area contributed by atoms with E-state index in [0.29, 0.717) is 37.9 Å². The molecule has 0 amide bonds. The third kappa shape index (κ3) is 5.02. The van der Waals surface area contributed by atoms with Gasteiger partial charge in [-0.25, -0.2) is 8.78 Å². The molecule has 1 saturated carbocycles. The molecule has 1 fully saturated rings. The van der Waals surface area contributed by atoms with E-state index in [2.05, 4.69) is 6.92 Å². The first-order chi connectivity index (χ1) is 12.6. The Morgan fingerprint density at radius 2 is 1.81 bits per heavy atom. The van der Waals surface area contributed by atoms with Crippen molar-refractivity contribution in [2.75, 3.05) is 13.7 Å². The number of rotatable bonds is 9. The van der Waals surface area contributed by atoms with Crippen LogP contribution in [0.25, 0.3) is 0 Å². The molecule has 0 heterocycles. The topological polar surface area (TPSA) is 42.2 Å². The quantitative estimate of drug-likeness (QED) is 0.409. The summed E-state index contributed by atoms with van der Waals surface area (Å²) in [4.78, 5) is 0. The second-order valence-corrected chi connectivity index (χ2v) is 7.09. The van der Waals surface area contributed by atoms with Gasteiger partial charge >= 0.3 is 0 Å². The Morgan fingerprint density at radius 1 is 1.12 bits per heavy atom. The zero-order chi connectivity index (χ0) is 19.0. The van der Waals surface area contributed by atoms with E-state index in [9.17, 15) is 8.78 Å². The van der Waals surface area contributed by atoms with Crippen molar-refractivity contribution in [3.8, 4) is 6.07 Å². The lowest BCUT2D eigenvalue weighted by molar-refractivity contribution is -0.240. The molecule has 0 unspecified atom stereocenters. The Hall–Kier alpha value is -1.51. The van der Waals surface area contributed by atoms with Crippen molar-refractivity contribution in [3.05, 3.63) is 34.9 Å². The highest BCUT2D eigenvalue weighted by Gasteiger charge is 2.37. The fraction of sp³-hybridized carbons (Fsp3) is 0.667. The molecule has 1 aliphatic carbocycles. The van der Waals surface area contributed by atoms with Gasteiger partial charge in [0.25, 0.3) is 0 Å². The van der Waals surface area contributed by atoms with Crippen molar-refractivity contribution in [1.29, 1.82) is 5.26 Å². The fourth-order valence-electron chi connectivity index (χ4n) is 3.71. The number of nitriles is 1. The van der Waals surface area contributed by atoms with Crippen molar-refractivity contribution in [2.45, 2.75) is 76.4 Å². The zero-order valence-corrected chi connectivity index (χ0v) is 15.8. The van der Waals surface area contributed by atoms with Crippen LogP contribution in [0.15, 0.2) is 12.1 Å². The lowest BCUT2D eigenvalue weighted by atomic mass is 9.80. The van der Waals surface area contributed by atoms with Crippen LogP contribution in [0, 0.1) is 23.0 Å². The molecule has 144 valence electrons. The van der Waals surface area contributed by atoms with E-state index < -0.39 is 17.4 Å². The van der Waals surface area contributed by atoms with E-state index >= 15 is 0 Å². The molecular formula is C21H29F2NO2. The number of ether oxygens (including phenoxy) is 2. The summed E-state index contributed by atoms with van der Waals surface area (Å²) < 4.78 is 39.8. The van der Waals surface area contributed by atoms with E-state index in [1.165, 1.54) is 31.4 Å². The molecule has 5 heteroatoms. The number of unbranched alkanes of at least 4 members (excludes halogenated alkanes) is 4. The third-order valence-corrected chi connectivity index (χ3v) is 5.40. The summed E-state index contributed by atoms with van der Waals surface area (Å²) in [5, 5.41) is 8.81. The maximum atomic E-state index is 14.3. The minimum atomic E-state index is -1.04. The molecule has 0 aliphatic heterocycles. The molecule has 0 radical (unpaired) electrons. The Labute approximate surface area is 155 Å². The molecular weight excluding hydrogens is 336 g/mol. The first-order valence-corrected chi connectivity index (χ1v) is 9.64. The van der Waals surface area contributed by atoms with Crippen molar-refractivity contribution < 1.29 is 18.3 Å². The standard InChI is InChI=1S/C21H29F2NO2/c1-3-4-5-6-7-14-26-21(25-2)12-10-16(11-13-21)18-9-8-17(15-24)19(22)20(18)23/h8-9,16H,3-7,10-14H2,1-2H3/t16-,21-. The van der Waals surface area contributed by atoms with Crippen LogP contribution in [0.1, 0.15) is 81.8 Å². The summed E-state index contributed by atoms with van der Waals surface area (Å²) in [6.07, 6.45) is 8.54. The van der Waals surface area contributed by atoms with Crippen LogP contribution in [0.4, 0.5) is 8.78 Å². The Morgan fingerprint density at radius 3 is 2.42 bits per heavy atom. The molecule has 0 aromatic heterocycles. The Bertz CT molecular complexity index is 619. The Kier molecular flexibility index (Phi) is 7.99. The van der Waals surface area contributed by atoms with Crippen LogP contribution in [-0.2, 0) is 9.47 Å². The lowest BCUT2D eigenvalue weighted by Gasteiger charge is -2.39. The second-order valence-electron chi connectivity index (χ2n) is 7.09. The van der Waals surface area contributed by atoms with Gasteiger partial charge in [0.2, 0.25) is 0 Å². The smallest absolute Gasteiger partial charge is 0.176 e. The maximum Gasteiger partial charge on any atom is 0.176 e. The number of nitrogens with zero attached hydrogens (tertiary/aromatic N) is 1. The van der Waals surface area contributed by atoms with E-state index in [4.69, 9.17) is 14.7 Å². The van der Waals surface area contributed by atoms with Crippen LogP contribution in [-0.4, -0.2) is 19.5 Å². The van der Waals surface area contributed by atoms with Crippen molar-refractivity contribution in [2.24, 2.45) is 0 Å². The number of methoxy groups -OCH3 is 1. The van der Waals surface area contributed by atoms with Gasteiger partial charge in [-0.1, -0.05) is 38.7 Å². The maximum absolute atomic E-state index is 14.3. The second kappa shape index (κ2) is 9.99. The summed E-state index contributed by atoms with van der Waals surface area (Å²) in [6.45, 7) is 2.86. The van der Waals surface area contributed by atoms with Crippen LogP contribution in [0.2, 0.25) is 0 Å². The average Bonchev–Trinajstić information content (AvgIpc) is 2.67. The van der Waals surface area contributed by atoms with Gasteiger partial charge in [0.05, 0.1) is 12.2 Å². The van der Waals surface area contributed by atoms with Crippen LogP contribution in [0.3, 0.4) is 0 Å². The molecule has 1 aromatic carbocycles. The predicted octanol–water partition coefficient (Wildman–Crippen LogP) is 5.82. The highest BCUT2D eigenvalue weighted by Crippen LogP contribution is 2.41. The molecule has 0 bridgehead atoms. The van der Waals surface area contributed by atoms with E-state index in [1.807, 2.05) is 0 Å². The number of hydrogen-bond acceptors (Lipinski definition) is 3. The highest BCUT2D eigenvalue weighted by molar-refractivity contribution is 5.36. The van der Waals surface area contributed by atoms with E-state index in [0.717, 1.165) is 12.8 Å². The molecule has 3 nitrogen and oxygen atoms in total. The number of benzene rings is 1. The summed E-state index contributed by atoms with van der Waals surface area (Å²) in [5.41, 5.74) is 0.102. The molecule has 1 aromatic rings. The van der Waals surface area contributed by atoms with Crippen molar-refractivity contribution in [3.63, 3.8) is 0 Å². The van der Waals surface area contributed by atoms with Crippen molar-refractivity contribution >= 4 is 0 Å². The van der Waals surface area contributed by atoms with Gasteiger partial charge in [-0.15, -0.1) is 0 Å². The van der Waals surface area contributed by atoms with Gasteiger partial charge in [0.15, 0.2) is 17.4 Å². The molecule has 26 heavy (non-hydrogen) atoms. The van der Waals surface area contributed by atoms with Crippen LogP contribution in [0.5, 0.6) is 0 Å². The van der Waals surface area contributed by atoms with Gasteiger partial charge in [-0.05, 0) is 36.8 Å². The summed E-state index contributed by atoms with van der Waals surface area (Å²) in [7, 11) is 1.65. The van der Waals surface area contributed by atoms with Crippen LogP contribution < -0.4 is 0 Å². The first kappa shape index (κ1) is 20.8. The predicted molar refractivity (Wildman–Crippen MR) is 96.7 cm³/mol. The van der Waals surface area contributed by atoms with Crippen LogP contribution >= 0.6 is 0 Å². The summed E-state index contributed by atoms with van der Waals surface area (Å²) >= 11 is 0. The minimum Gasteiger partial charge on any atom is -0.353 e. The van der Waals surface area contributed by atoms with Gasteiger partial charge in [-0.2, -0.15) is 5.26 Å². The van der Waals surface area contributed by atoms with Gasteiger partial charge in [-0.3, -0.25) is 0 Å². The van der Waals surface area contributed by atoms with Gasteiger partial charge in [0, 0.05) is 20.0 Å². The third-order valence-electron chi connectivity index (χ3n) is 5.40. The van der Waals surface area contributed by atoms with Gasteiger partial charge in [0.1, 0.15) is 6.07 Å². The lowest BCUT2D eigenvalue weighted by Crippen LogP contribution is -2.39. The molecule has 0 saturated heterocycles. The molecule has 0 N–H and O–H groups in total. The monoisotopic (exact) mass is 365 g/mol. The average molecular weight is 365 g/mol. The largest absolute Gasteiger partial charge is 0.353 e. The highest BCUT2D eigenvalue weighted by atomic mass is 19.2. The minimum absolute atomic E-state index is 0.0753. The molecule has 2 rings (SSSR count). The Balaban J connectivity index is 1.90. The molecule has 0 spiro atoms. The number of halogens is 2. The normalized spacial score (nSPS) is 23.0. The fourth-order valence-corrected chi connectivity index (χ4v) is 3.71. The van der Waals surface area contributed by atoms with E-state index in [-0.39, 0.29) is 11.5 Å². The van der Waals surface area contributed by atoms with Gasteiger partial charge < -0.3 is 9.47 Å². The SMILES string of the molecule is CCCCCCCO[C@]1(OC)CC[C@@H](c2ccc(C#N)c(F)c2F)CC1. The molecule has 0 atom stereocenters. The molecule has 1 aliphatic rings. The number of hydrogen-bond donors (Lipinski definition) is 0. The zero-order valence-electron chi connectivity index (χ0n) is 15.8. The summed E-state index contributed by atoms with van der Waals surface area (Å²) in [5.74, 6) is -2.62. The van der Waals surface area contributed by atoms with E-state index in [1.54, 1.807) is 13.2 Å². The first-order valence-electron chi connectivity index (χ1n) is 9.64. The summed E-state index contributed by atoms with van der Waals surface area (Å²) in [6, 6.07) is 4.57.